The molecule has 1 fully saturated rings. The van der Waals surface area contributed by atoms with Crippen molar-refractivity contribution in [2.45, 2.75) is 39.8 Å². The van der Waals surface area contributed by atoms with Gasteiger partial charge in [0.05, 0.1) is 0 Å². The molecule has 0 saturated carbocycles. The Morgan fingerprint density at radius 1 is 1.25 bits per heavy atom. The predicted octanol–water partition coefficient (Wildman–Crippen LogP) is 2.61. The molecule has 0 radical (unpaired) electrons. The van der Waals surface area contributed by atoms with Crippen LogP contribution in [0.4, 0.5) is 10.2 Å². The molecule has 1 aromatic heterocycles. The number of benzene rings is 1. The minimum atomic E-state index is -0.195. The van der Waals surface area contributed by atoms with E-state index in [0.29, 0.717) is 12.1 Å². The van der Waals surface area contributed by atoms with Crippen LogP contribution in [-0.2, 0) is 6.54 Å². The van der Waals surface area contributed by atoms with Crippen LogP contribution < -0.4 is 10.2 Å². The molecular weight excluding hydrogens is 357 g/mol. The SMILES string of the molecule is Cc1nc(C(=O)N(C)C)nc(N2CC[C@@H](NCc3cccc(F)c3C)C2)c1C. The lowest BCUT2D eigenvalue weighted by Gasteiger charge is -2.22. The van der Waals surface area contributed by atoms with Gasteiger partial charge in [-0.2, -0.15) is 0 Å². The van der Waals surface area contributed by atoms with Crippen molar-refractivity contribution in [3.8, 4) is 0 Å². The molecule has 1 aliphatic heterocycles. The molecule has 1 aliphatic rings. The second-order valence-corrected chi connectivity index (χ2v) is 7.62. The molecule has 0 spiro atoms. The maximum atomic E-state index is 13.7. The fourth-order valence-electron chi connectivity index (χ4n) is 3.43. The Balaban J connectivity index is 1.71. The highest BCUT2D eigenvalue weighted by Gasteiger charge is 2.26. The monoisotopic (exact) mass is 385 g/mol. The molecule has 2 aromatic rings. The van der Waals surface area contributed by atoms with Crippen LogP contribution in [0.5, 0.6) is 0 Å². The van der Waals surface area contributed by atoms with Crippen LogP contribution in [0.25, 0.3) is 0 Å². The lowest BCUT2D eigenvalue weighted by Crippen LogP contribution is -2.33. The van der Waals surface area contributed by atoms with Crippen molar-refractivity contribution in [3.05, 3.63) is 52.2 Å². The third-order valence-corrected chi connectivity index (χ3v) is 5.41. The Morgan fingerprint density at radius 2 is 2.00 bits per heavy atom. The van der Waals surface area contributed by atoms with Crippen LogP contribution in [0.3, 0.4) is 0 Å². The molecule has 150 valence electrons. The van der Waals surface area contributed by atoms with E-state index in [1.54, 1.807) is 20.2 Å². The van der Waals surface area contributed by atoms with Crippen molar-refractivity contribution < 1.29 is 9.18 Å². The van der Waals surface area contributed by atoms with Crippen LogP contribution in [0, 0.1) is 26.6 Å². The van der Waals surface area contributed by atoms with Gasteiger partial charge in [-0.15, -0.1) is 0 Å². The fraction of sp³-hybridized carbons (Fsp3) is 0.476. The van der Waals surface area contributed by atoms with Gasteiger partial charge in [-0.05, 0) is 44.4 Å². The van der Waals surface area contributed by atoms with E-state index in [4.69, 9.17) is 0 Å². The average Bonchev–Trinajstić information content (AvgIpc) is 3.13. The number of nitrogens with one attached hydrogen (secondary N) is 1. The molecule has 0 unspecified atom stereocenters. The number of halogens is 1. The summed E-state index contributed by atoms with van der Waals surface area (Å²) in [6.07, 6.45) is 0.966. The number of aromatic nitrogens is 2. The second kappa shape index (κ2) is 8.22. The van der Waals surface area contributed by atoms with Crippen LogP contribution in [-0.4, -0.2) is 54.0 Å². The summed E-state index contributed by atoms with van der Waals surface area (Å²) < 4.78 is 13.7. The number of anilines is 1. The van der Waals surface area contributed by atoms with E-state index < -0.39 is 0 Å². The van der Waals surface area contributed by atoms with Gasteiger partial charge < -0.3 is 15.1 Å². The van der Waals surface area contributed by atoms with Crippen LogP contribution in [0.1, 0.15) is 39.4 Å². The largest absolute Gasteiger partial charge is 0.355 e. The second-order valence-electron chi connectivity index (χ2n) is 7.62. The van der Waals surface area contributed by atoms with Gasteiger partial charge in [-0.3, -0.25) is 4.79 Å². The Labute approximate surface area is 165 Å². The zero-order valence-electron chi connectivity index (χ0n) is 17.2. The number of hydrogen-bond donors (Lipinski definition) is 1. The highest BCUT2D eigenvalue weighted by Crippen LogP contribution is 2.24. The zero-order chi connectivity index (χ0) is 20.4. The molecule has 2 heterocycles. The number of nitrogens with zero attached hydrogens (tertiary/aromatic N) is 4. The molecule has 1 N–H and O–H groups in total. The molecule has 1 atom stereocenters. The number of amides is 1. The number of aryl methyl sites for hydroxylation is 1. The van der Waals surface area contributed by atoms with Crippen molar-refractivity contribution in [1.82, 2.24) is 20.2 Å². The standard InChI is InChI=1S/C21H28FN5O/c1-13-15(3)24-19(21(28)26(4)5)25-20(13)27-10-9-17(12-27)23-11-16-7-6-8-18(22)14(16)2/h6-8,17,23H,9-12H2,1-5H3/t17-/m1/s1. The number of carbonyl (C=O) groups excluding carboxylic acids is 1. The molecule has 6 nitrogen and oxygen atoms in total. The molecule has 1 saturated heterocycles. The normalized spacial score (nSPS) is 16.5. The fourth-order valence-corrected chi connectivity index (χ4v) is 3.43. The minimum absolute atomic E-state index is 0.169. The summed E-state index contributed by atoms with van der Waals surface area (Å²) in [5.74, 6) is 0.691. The van der Waals surface area contributed by atoms with Gasteiger partial charge >= 0.3 is 0 Å². The van der Waals surface area contributed by atoms with E-state index in [9.17, 15) is 9.18 Å². The summed E-state index contributed by atoms with van der Waals surface area (Å²) in [6.45, 7) is 7.99. The van der Waals surface area contributed by atoms with Gasteiger partial charge in [0.2, 0.25) is 5.82 Å². The summed E-state index contributed by atoms with van der Waals surface area (Å²) in [4.78, 5) is 24.9. The molecular formula is C21H28FN5O. The van der Waals surface area contributed by atoms with Gasteiger partial charge in [0.15, 0.2) is 0 Å². The molecule has 0 aliphatic carbocycles. The minimum Gasteiger partial charge on any atom is -0.355 e. The third kappa shape index (κ3) is 4.14. The smallest absolute Gasteiger partial charge is 0.291 e. The maximum Gasteiger partial charge on any atom is 0.291 e. The Morgan fingerprint density at radius 3 is 2.71 bits per heavy atom. The lowest BCUT2D eigenvalue weighted by molar-refractivity contribution is 0.0815. The first-order valence-corrected chi connectivity index (χ1v) is 9.57. The molecule has 28 heavy (non-hydrogen) atoms. The van der Waals surface area contributed by atoms with Crippen molar-refractivity contribution >= 4 is 11.7 Å². The average molecular weight is 385 g/mol. The van der Waals surface area contributed by atoms with Gasteiger partial charge in [0.1, 0.15) is 11.6 Å². The van der Waals surface area contributed by atoms with Gasteiger partial charge in [-0.1, -0.05) is 12.1 Å². The highest BCUT2D eigenvalue weighted by molar-refractivity contribution is 5.90. The first kappa shape index (κ1) is 20.2. The number of carbonyl (C=O) groups is 1. The van der Waals surface area contributed by atoms with Crippen LogP contribution in [0.15, 0.2) is 18.2 Å². The molecule has 0 bridgehead atoms. The van der Waals surface area contributed by atoms with Crippen molar-refractivity contribution in [3.63, 3.8) is 0 Å². The van der Waals surface area contributed by atoms with Gasteiger partial charge in [0.25, 0.3) is 5.91 Å². The van der Waals surface area contributed by atoms with E-state index in [0.717, 1.165) is 42.1 Å². The van der Waals surface area contributed by atoms with Crippen LogP contribution >= 0.6 is 0 Å². The first-order valence-electron chi connectivity index (χ1n) is 9.57. The van der Waals surface area contributed by atoms with Crippen molar-refractivity contribution in [2.75, 3.05) is 32.1 Å². The highest BCUT2D eigenvalue weighted by atomic mass is 19.1. The van der Waals surface area contributed by atoms with E-state index in [2.05, 4.69) is 20.2 Å². The first-order chi connectivity index (χ1) is 13.3. The molecule has 1 aromatic carbocycles. The third-order valence-electron chi connectivity index (χ3n) is 5.41. The summed E-state index contributed by atoms with van der Waals surface area (Å²) in [7, 11) is 3.40. The maximum absolute atomic E-state index is 13.7. The van der Waals surface area contributed by atoms with E-state index >= 15 is 0 Å². The topological polar surface area (TPSA) is 61.4 Å². The van der Waals surface area contributed by atoms with E-state index in [1.807, 2.05) is 26.8 Å². The summed E-state index contributed by atoms with van der Waals surface area (Å²) in [5, 5.41) is 3.53. The van der Waals surface area contributed by atoms with Crippen LogP contribution in [0.2, 0.25) is 0 Å². The van der Waals surface area contributed by atoms with Crippen molar-refractivity contribution in [1.29, 1.82) is 0 Å². The Kier molecular flexibility index (Phi) is 5.93. The Bertz CT molecular complexity index is 883. The number of hydrogen-bond acceptors (Lipinski definition) is 5. The van der Waals surface area contributed by atoms with E-state index in [-0.39, 0.29) is 23.6 Å². The molecule has 7 heteroatoms. The molecule has 1 amide bonds. The Hall–Kier alpha value is -2.54. The summed E-state index contributed by atoms with van der Waals surface area (Å²) >= 11 is 0. The predicted molar refractivity (Wildman–Crippen MR) is 108 cm³/mol. The summed E-state index contributed by atoms with van der Waals surface area (Å²) in [6, 6.07) is 5.47. The number of rotatable bonds is 5. The zero-order valence-corrected chi connectivity index (χ0v) is 17.2. The molecule has 3 rings (SSSR count). The summed E-state index contributed by atoms with van der Waals surface area (Å²) in [5.41, 5.74) is 3.49. The quantitative estimate of drug-likeness (QED) is 0.857. The van der Waals surface area contributed by atoms with Gasteiger partial charge in [-0.25, -0.2) is 14.4 Å². The van der Waals surface area contributed by atoms with Gasteiger partial charge in [0, 0.05) is 51.0 Å². The van der Waals surface area contributed by atoms with E-state index in [1.165, 1.54) is 11.0 Å². The lowest BCUT2D eigenvalue weighted by atomic mass is 10.1. The van der Waals surface area contributed by atoms with Crippen molar-refractivity contribution in [2.24, 2.45) is 0 Å².